The largest absolute Gasteiger partial charge is 0.491 e. The minimum atomic E-state index is 0.0668. The molecule has 0 bridgehead atoms. The second-order valence-corrected chi connectivity index (χ2v) is 11.8. The first kappa shape index (κ1) is 28.3. The van der Waals surface area contributed by atoms with E-state index in [2.05, 4.69) is 84.5 Å². The molecule has 3 rings (SSSR count). The van der Waals surface area contributed by atoms with Crippen molar-refractivity contribution in [1.29, 1.82) is 0 Å². The van der Waals surface area contributed by atoms with E-state index in [-0.39, 0.29) is 16.9 Å². The average molecular weight is 495 g/mol. The van der Waals surface area contributed by atoms with Gasteiger partial charge >= 0.3 is 0 Å². The van der Waals surface area contributed by atoms with Crippen molar-refractivity contribution in [2.24, 2.45) is 0 Å². The average Bonchev–Trinajstić information content (AvgIpc) is 2.81. The lowest BCUT2D eigenvalue weighted by atomic mass is 9.85. The highest BCUT2D eigenvalue weighted by molar-refractivity contribution is 5.41. The van der Waals surface area contributed by atoms with E-state index in [0.29, 0.717) is 33.0 Å². The third-order valence-corrected chi connectivity index (χ3v) is 6.76. The summed E-state index contributed by atoms with van der Waals surface area (Å²) in [6.07, 6.45) is 5.60. The van der Waals surface area contributed by atoms with Crippen LogP contribution < -0.4 is 9.47 Å². The summed E-state index contributed by atoms with van der Waals surface area (Å²) in [5.41, 5.74) is 5.13. The van der Waals surface area contributed by atoms with Crippen LogP contribution in [0.1, 0.15) is 76.6 Å². The topological polar surface area (TPSA) is 36.9 Å². The molecule has 198 valence electrons. The Morgan fingerprint density at radius 2 is 1.25 bits per heavy atom. The molecule has 0 aliphatic carbocycles. The van der Waals surface area contributed by atoms with Crippen LogP contribution in [0.5, 0.6) is 11.5 Å². The van der Waals surface area contributed by atoms with E-state index < -0.39 is 0 Å². The fraction of sp³-hybridized carbons (Fsp3) is 0.562. The summed E-state index contributed by atoms with van der Waals surface area (Å²) in [6.45, 7) is 19.9. The molecular formula is C32H46O4. The number of hydrogen-bond acceptors (Lipinski definition) is 4. The van der Waals surface area contributed by atoms with Crippen molar-refractivity contribution < 1.29 is 18.9 Å². The quantitative estimate of drug-likeness (QED) is 0.423. The summed E-state index contributed by atoms with van der Waals surface area (Å²) in [5.74, 6) is 1.91. The molecule has 0 N–H and O–H groups in total. The zero-order chi connectivity index (χ0) is 26.2. The van der Waals surface area contributed by atoms with Crippen LogP contribution >= 0.6 is 0 Å². The van der Waals surface area contributed by atoms with Gasteiger partial charge in [0.15, 0.2) is 0 Å². The van der Waals surface area contributed by atoms with Crippen LogP contribution in [0.4, 0.5) is 0 Å². The van der Waals surface area contributed by atoms with Crippen LogP contribution in [0, 0.1) is 0 Å². The van der Waals surface area contributed by atoms with E-state index in [9.17, 15) is 0 Å². The Bertz CT molecular complexity index is 907. The Balaban J connectivity index is 1.84. The molecule has 1 heterocycles. The second kappa shape index (κ2) is 12.8. The Kier molecular flexibility index (Phi) is 10.0. The minimum Gasteiger partial charge on any atom is -0.491 e. The maximum atomic E-state index is 6.23. The zero-order valence-corrected chi connectivity index (χ0v) is 23.3. The van der Waals surface area contributed by atoms with Gasteiger partial charge in [-0.25, -0.2) is 0 Å². The molecule has 0 spiro atoms. The number of ether oxygens (including phenoxy) is 4. The molecule has 2 aromatic rings. The van der Waals surface area contributed by atoms with Gasteiger partial charge in [-0.3, -0.25) is 0 Å². The third-order valence-electron chi connectivity index (χ3n) is 6.76. The molecule has 36 heavy (non-hydrogen) atoms. The van der Waals surface area contributed by atoms with Crippen molar-refractivity contribution in [2.75, 3.05) is 33.0 Å². The van der Waals surface area contributed by atoms with Crippen molar-refractivity contribution in [3.63, 3.8) is 0 Å². The maximum Gasteiger partial charge on any atom is 0.122 e. The second-order valence-electron chi connectivity index (χ2n) is 11.8. The predicted octanol–water partition coefficient (Wildman–Crippen LogP) is 7.21. The summed E-state index contributed by atoms with van der Waals surface area (Å²) in [7, 11) is 0. The van der Waals surface area contributed by atoms with E-state index in [1.807, 2.05) is 6.08 Å². The van der Waals surface area contributed by atoms with Gasteiger partial charge in [-0.1, -0.05) is 71.9 Å². The van der Waals surface area contributed by atoms with E-state index in [1.165, 1.54) is 22.3 Å². The molecule has 0 aromatic heterocycles. The molecule has 4 heteroatoms. The van der Waals surface area contributed by atoms with Crippen LogP contribution in [0.15, 0.2) is 49.1 Å². The molecule has 0 radical (unpaired) electrons. The molecule has 1 aliphatic rings. The van der Waals surface area contributed by atoms with E-state index in [1.54, 1.807) is 0 Å². The van der Waals surface area contributed by atoms with Crippen molar-refractivity contribution >= 4 is 0 Å². The molecule has 0 saturated heterocycles. The zero-order valence-electron chi connectivity index (χ0n) is 23.3. The smallest absolute Gasteiger partial charge is 0.122 e. The summed E-state index contributed by atoms with van der Waals surface area (Å²) < 4.78 is 24.5. The number of rotatable bonds is 3. The van der Waals surface area contributed by atoms with Crippen molar-refractivity contribution in [2.45, 2.75) is 84.2 Å². The van der Waals surface area contributed by atoms with Crippen LogP contribution in [0.2, 0.25) is 0 Å². The first-order valence-corrected chi connectivity index (χ1v) is 13.4. The van der Waals surface area contributed by atoms with Gasteiger partial charge in [0, 0.05) is 0 Å². The Hall–Kier alpha value is -2.30. The van der Waals surface area contributed by atoms with E-state index >= 15 is 0 Å². The number of hydrogen-bond donors (Lipinski definition) is 0. The van der Waals surface area contributed by atoms with Crippen LogP contribution in [-0.4, -0.2) is 39.1 Å². The van der Waals surface area contributed by atoms with Gasteiger partial charge in [0.2, 0.25) is 0 Å². The van der Waals surface area contributed by atoms with Crippen LogP contribution in [-0.2, 0) is 33.1 Å². The van der Waals surface area contributed by atoms with Gasteiger partial charge in [0.05, 0.1) is 25.9 Å². The number of aryl methyl sites for hydroxylation is 2. The summed E-state index contributed by atoms with van der Waals surface area (Å²) >= 11 is 0. The summed E-state index contributed by atoms with van der Waals surface area (Å²) in [6, 6.07) is 13.3. The Morgan fingerprint density at radius 1 is 0.778 bits per heavy atom. The Labute approximate surface area is 219 Å². The molecule has 0 saturated carbocycles. The van der Waals surface area contributed by atoms with Gasteiger partial charge in [-0.05, 0) is 70.9 Å². The lowest BCUT2D eigenvalue weighted by Crippen LogP contribution is -2.18. The van der Waals surface area contributed by atoms with Crippen LogP contribution in [0.3, 0.4) is 0 Å². The highest BCUT2D eigenvalue weighted by Gasteiger charge is 2.20. The molecule has 4 nitrogen and oxygen atoms in total. The SMILES string of the molecule is C=CCOC1CCc2ccc(C(C)(C)C)cc2OCCOCCOc2cc(C(C)(C)C)ccc2CC1. The highest BCUT2D eigenvalue weighted by Crippen LogP contribution is 2.32. The fourth-order valence-electron chi connectivity index (χ4n) is 4.40. The summed E-state index contributed by atoms with van der Waals surface area (Å²) in [5, 5.41) is 0. The monoisotopic (exact) mass is 494 g/mol. The van der Waals surface area contributed by atoms with Gasteiger partial charge in [-0.2, -0.15) is 0 Å². The maximum absolute atomic E-state index is 6.23. The van der Waals surface area contributed by atoms with Gasteiger partial charge < -0.3 is 18.9 Å². The molecule has 0 fully saturated rings. The molecule has 1 aliphatic heterocycles. The normalized spacial score (nSPS) is 16.8. The van der Waals surface area contributed by atoms with Gasteiger partial charge in [0.25, 0.3) is 0 Å². The fourth-order valence-corrected chi connectivity index (χ4v) is 4.40. The molecule has 2 aromatic carbocycles. The lowest BCUT2D eigenvalue weighted by molar-refractivity contribution is 0.0603. The van der Waals surface area contributed by atoms with Gasteiger partial charge in [0.1, 0.15) is 24.7 Å². The van der Waals surface area contributed by atoms with Crippen LogP contribution in [0.25, 0.3) is 0 Å². The van der Waals surface area contributed by atoms with Gasteiger partial charge in [-0.15, -0.1) is 6.58 Å². The van der Waals surface area contributed by atoms with E-state index in [0.717, 1.165) is 37.2 Å². The molecule has 0 atom stereocenters. The molecule has 0 unspecified atom stereocenters. The van der Waals surface area contributed by atoms with E-state index in [4.69, 9.17) is 18.9 Å². The highest BCUT2D eigenvalue weighted by atomic mass is 16.5. The first-order valence-electron chi connectivity index (χ1n) is 13.4. The molecule has 0 amide bonds. The Morgan fingerprint density at radius 3 is 1.67 bits per heavy atom. The first-order chi connectivity index (χ1) is 17.1. The summed E-state index contributed by atoms with van der Waals surface area (Å²) in [4.78, 5) is 0. The lowest BCUT2D eigenvalue weighted by Gasteiger charge is -2.24. The predicted molar refractivity (Wildman–Crippen MR) is 149 cm³/mol. The van der Waals surface area contributed by atoms with Crippen molar-refractivity contribution in [3.05, 3.63) is 71.3 Å². The number of benzene rings is 2. The van der Waals surface area contributed by atoms with Crippen molar-refractivity contribution in [1.82, 2.24) is 0 Å². The van der Waals surface area contributed by atoms with Crippen molar-refractivity contribution in [3.8, 4) is 11.5 Å². The third kappa shape index (κ3) is 8.38. The minimum absolute atomic E-state index is 0.0668. The standard InChI is InChI=1S/C32H46O4/c1-8-17-34-28-15-11-24-9-13-26(31(2,3)4)22-29(24)35-20-18-33-19-21-36-30-23-27(32(5,6)7)14-10-25(30)12-16-28/h8-10,13-14,22-23,28H,1,11-12,15-21H2,2-7H3. The number of fused-ring (bicyclic) bond motifs is 2. The molecular weight excluding hydrogens is 448 g/mol.